The number of hydrogen-bond acceptors (Lipinski definition) is 3. The molecule has 0 aromatic heterocycles. The quantitative estimate of drug-likeness (QED) is 0.361. The van der Waals surface area contributed by atoms with Crippen LogP contribution < -0.4 is 5.73 Å². The minimum Gasteiger partial charge on any atom is -0.409 e. The molecule has 0 saturated carbocycles. The topological polar surface area (TPSA) is 61.8 Å². The van der Waals surface area contributed by atoms with Gasteiger partial charge in [0.2, 0.25) is 0 Å². The Balaban J connectivity index is 2.15. The van der Waals surface area contributed by atoms with Crippen LogP contribution in [0.2, 0.25) is 0 Å². The molecule has 17 heavy (non-hydrogen) atoms. The first-order valence-corrected chi connectivity index (χ1v) is 5.99. The maximum Gasteiger partial charge on any atom is 0.170 e. The van der Waals surface area contributed by atoms with Crippen LogP contribution in [0.5, 0.6) is 0 Å². The summed E-state index contributed by atoms with van der Waals surface area (Å²) >= 11 is 0. The third-order valence-electron chi connectivity index (χ3n) is 3.30. The van der Waals surface area contributed by atoms with Gasteiger partial charge in [0, 0.05) is 18.7 Å². The standard InChI is InChI=1S/C13H19N3O/c1-10-6-7-16(8-10)9-11-4-2-3-5-12(11)13(14)15-17/h2-5,10,17H,6-9H2,1H3,(H2,14,15). The van der Waals surface area contributed by atoms with Gasteiger partial charge in [-0.3, -0.25) is 4.90 Å². The van der Waals surface area contributed by atoms with Crippen LogP contribution >= 0.6 is 0 Å². The molecule has 1 heterocycles. The molecule has 0 aliphatic carbocycles. The van der Waals surface area contributed by atoms with E-state index in [0.717, 1.165) is 36.7 Å². The van der Waals surface area contributed by atoms with Crippen molar-refractivity contribution in [1.82, 2.24) is 4.90 Å². The number of nitrogens with zero attached hydrogens (tertiary/aromatic N) is 2. The Morgan fingerprint density at radius 1 is 1.53 bits per heavy atom. The van der Waals surface area contributed by atoms with Crippen molar-refractivity contribution in [3.05, 3.63) is 35.4 Å². The lowest BCUT2D eigenvalue weighted by molar-refractivity contribution is 0.316. The zero-order valence-corrected chi connectivity index (χ0v) is 10.1. The van der Waals surface area contributed by atoms with Crippen LogP contribution in [0, 0.1) is 5.92 Å². The Bertz CT molecular complexity index is 417. The van der Waals surface area contributed by atoms with Crippen LogP contribution in [-0.2, 0) is 6.54 Å². The molecule has 3 N–H and O–H groups in total. The average molecular weight is 233 g/mol. The third-order valence-corrected chi connectivity index (χ3v) is 3.30. The molecule has 0 spiro atoms. The first-order valence-electron chi connectivity index (χ1n) is 5.99. The van der Waals surface area contributed by atoms with E-state index in [1.54, 1.807) is 0 Å². The molecule has 4 heteroatoms. The third kappa shape index (κ3) is 2.77. The minimum atomic E-state index is 0.188. The Hall–Kier alpha value is -1.55. The Kier molecular flexibility index (Phi) is 3.64. The number of hydrogen-bond donors (Lipinski definition) is 2. The maximum absolute atomic E-state index is 8.76. The molecule has 4 nitrogen and oxygen atoms in total. The Morgan fingerprint density at radius 2 is 2.29 bits per heavy atom. The van der Waals surface area contributed by atoms with E-state index >= 15 is 0 Å². The van der Waals surface area contributed by atoms with E-state index in [1.165, 1.54) is 6.42 Å². The fourth-order valence-electron chi connectivity index (χ4n) is 2.37. The zero-order chi connectivity index (χ0) is 12.3. The van der Waals surface area contributed by atoms with Gasteiger partial charge in [0.15, 0.2) is 5.84 Å². The molecule has 0 bridgehead atoms. The first-order chi connectivity index (χ1) is 8.20. The molecule has 0 radical (unpaired) electrons. The highest BCUT2D eigenvalue weighted by Gasteiger charge is 2.19. The van der Waals surface area contributed by atoms with Gasteiger partial charge in [-0.2, -0.15) is 0 Å². The van der Waals surface area contributed by atoms with Gasteiger partial charge in [0.25, 0.3) is 0 Å². The lowest BCUT2D eigenvalue weighted by Crippen LogP contribution is -2.23. The summed E-state index contributed by atoms with van der Waals surface area (Å²) in [5, 5.41) is 11.8. The zero-order valence-electron chi connectivity index (χ0n) is 10.1. The van der Waals surface area contributed by atoms with Crippen LogP contribution in [0.15, 0.2) is 29.4 Å². The van der Waals surface area contributed by atoms with Crippen LogP contribution in [0.25, 0.3) is 0 Å². The van der Waals surface area contributed by atoms with Crippen molar-refractivity contribution < 1.29 is 5.21 Å². The van der Waals surface area contributed by atoms with E-state index < -0.39 is 0 Å². The average Bonchev–Trinajstić information content (AvgIpc) is 2.74. The molecule has 0 amide bonds. The van der Waals surface area contributed by atoms with Crippen LogP contribution in [0.3, 0.4) is 0 Å². The molecule has 1 atom stereocenters. The van der Waals surface area contributed by atoms with E-state index in [2.05, 4.69) is 17.0 Å². The lowest BCUT2D eigenvalue weighted by atomic mass is 10.1. The highest BCUT2D eigenvalue weighted by molar-refractivity contribution is 5.98. The molecule has 1 unspecified atom stereocenters. The summed E-state index contributed by atoms with van der Waals surface area (Å²) < 4.78 is 0. The summed E-state index contributed by atoms with van der Waals surface area (Å²) in [4.78, 5) is 2.41. The monoisotopic (exact) mass is 233 g/mol. The van der Waals surface area contributed by atoms with Gasteiger partial charge in [-0.05, 0) is 24.4 Å². The largest absolute Gasteiger partial charge is 0.409 e. The van der Waals surface area contributed by atoms with Gasteiger partial charge < -0.3 is 10.9 Å². The minimum absolute atomic E-state index is 0.188. The molecule has 1 aromatic rings. The molecule has 2 rings (SSSR count). The second-order valence-corrected chi connectivity index (χ2v) is 4.77. The summed E-state index contributed by atoms with van der Waals surface area (Å²) in [6.07, 6.45) is 1.26. The lowest BCUT2D eigenvalue weighted by Gasteiger charge is -2.17. The summed E-state index contributed by atoms with van der Waals surface area (Å²) in [6, 6.07) is 7.83. The van der Waals surface area contributed by atoms with Crippen molar-refractivity contribution in [2.24, 2.45) is 16.8 Å². The second-order valence-electron chi connectivity index (χ2n) is 4.77. The molecule has 1 saturated heterocycles. The molecular weight excluding hydrogens is 214 g/mol. The van der Waals surface area contributed by atoms with E-state index in [1.807, 2.05) is 24.3 Å². The predicted molar refractivity (Wildman–Crippen MR) is 68.0 cm³/mol. The van der Waals surface area contributed by atoms with E-state index in [9.17, 15) is 0 Å². The van der Waals surface area contributed by atoms with Gasteiger partial charge in [-0.25, -0.2) is 0 Å². The van der Waals surface area contributed by atoms with Gasteiger partial charge in [0.1, 0.15) is 0 Å². The molecule has 92 valence electrons. The van der Waals surface area contributed by atoms with Crippen molar-refractivity contribution >= 4 is 5.84 Å². The highest BCUT2D eigenvalue weighted by atomic mass is 16.4. The van der Waals surface area contributed by atoms with Crippen molar-refractivity contribution in [3.63, 3.8) is 0 Å². The molecule has 1 aliphatic heterocycles. The normalized spacial score (nSPS) is 21.9. The van der Waals surface area contributed by atoms with E-state index in [0.29, 0.717) is 0 Å². The van der Waals surface area contributed by atoms with Crippen LogP contribution in [0.1, 0.15) is 24.5 Å². The highest BCUT2D eigenvalue weighted by Crippen LogP contribution is 2.19. The van der Waals surface area contributed by atoms with Crippen LogP contribution in [0.4, 0.5) is 0 Å². The smallest absolute Gasteiger partial charge is 0.170 e. The summed E-state index contributed by atoms with van der Waals surface area (Å²) in [7, 11) is 0. The molecular formula is C13H19N3O. The Morgan fingerprint density at radius 3 is 2.94 bits per heavy atom. The van der Waals surface area contributed by atoms with Gasteiger partial charge >= 0.3 is 0 Å². The maximum atomic E-state index is 8.76. The fraction of sp³-hybridized carbons (Fsp3) is 0.462. The number of likely N-dealkylation sites (tertiary alicyclic amines) is 1. The number of oxime groups is 1. The van der Waals surface area contributed by atoms with Crippen molar-refractivity contribution in [3.8, 4) is 0 Å². The van der Waals surface area contributed by atoms with Gasteiger partial charge in [-0.1, -0.05) is 36.3 Å². The second kappa shape index (κ2) is 5.19. The molecule has 1 aliphatic rings. The predicted octanol–water partition coefficient (Wildman–Crippen LogP) is 1.62. The van der Waals surface area contributed by atoms with Crippen LogP contribution in [-0.4, -0.2) is 29.0 Å². The summed E-state index contributed by atoms with van der Waals surface area (Å²) in [5.41, 5.74) is 7.63. The number of amidine groups is 1. The molecule has 1 fully saturated rings. The van der Waals surface area contributed by atoms with E-state index in [4.69, 9.17) is 10.9 Å². The van der Waals surface area contributed by atoms with Crippen molar-refractivity contribution in [2.45, 2.75) is 19.9 Å². The fourth-order valence-corrected chi connectivity index (χ4v) is 2.37. The Labute approximate surface area is 102 Å². The SMILES string of the molecule is CC1CCN(Cc2ccccc2C(N)=NO)C1. The van der Waals surface area contributed by atoms with Gasteiger partial charge in [0.05, 0.1) is 0 Å². The summed E-state index contributed by atoms with van der Waals surface area (Å²) in [6.45, 7) is 5.41. The number of nitrogens with two attached hydrogens (primary N) is 1. The number of benzene rings is 1. The number of rotatable bonds is 3. The molecule has 1 aromatic carbocycles. The first kappa shape index (κ1) is 11.9. The van der Waals surface area contributed by atoms with Crippen molar-refractivity contribution in [1.29, 1.82) is 0 Å². The van der Waals surface area contributed by atoms with Crippen molar-refractivity contribution in [2.75, 3.05) is 13.1 Å². The van der Waals surface area contributed by atoms with E-state index in [-0.39, 0.29) is 5.84 Å². The van der Waals surface area contributed by atoms with Gasteiger partial charge in [-0.15, -0.1) is 0 Å². The summed E-state index contributed by atoms with van der Waals surface area (Å²) in [5.74, 6) is 0.957.